The molecule has 0 spiro atoms. The van der Waals surface area contributed by atoms with Gasteiger partial charge in [0.1, 0.15) is 0 Å². The minimum Gasteiger partial charge on any atom is -0.452 e. The second-order valence-corrected chi connectivity index (χ2v) is 7.17. The Labute approximate surface area is 163 Å². The van der Waals surface area contributed by atoms with Gasteiger partial charge >= 0.3 is 5.97 Å². The van der Waals surface area contributed by atoms with Gasteiger partial charge in [-0.15, -0.1) is 0 Å². The summed E-state index contributed by atoms with van der Waals surface area (Å²) in [5.74, 6) is -0.811. The molecule has 4 rings (SSSR count). The molecule has 0 saturated heterocycles. The number of carbonyl (C=O) groups excluding carboxylic acids is 2. The summed E-state index contributed by atoms with van der Waals surface area (Å²) in [6.45, 7) is 3.54. The maximum absolute atomic E-state index is 12.9. The number of para-hydroxylation sites is 2. The third-order valence-electron chi connectivity index (χ3n) is 5.20. The van der Waals surface area contributed by atoms with Gasteiger partial charge in [-0.25, -0.2) is 4.79 Å². The topological polar surface area (TPSA) is 68.3 Å². The number of aromatic nitrogens is 1. The number of ether oxygens (including phenoxy) is 1. The third kappa shape index (κ3) is 3.36. The van der Waals surface area contributed by atoms with Gasteiger partial charge in [0.2, 0.25) is 0 Å². The van der Waals surface area contributed by atoms with Gasteiger partial charge in [-0.1, -0.05) is 36.4 Å². The monoisotopic (exact) mass is 374 g/mol. The van der Waals surface area contributed by atoms with Crippen LogP contribution in [0.25, 0.3) is 10.9 Å². The van der Waals surface area contributed by atoms with Gasteiger partial charge in [0, 0.05) is 16.8 Å². The Kier molecular flexibility index (Phi) is 4.82. The van der Waals surface area contributed by atoms with Crippen molar-refractivity contribution in [3.05, 3.63) is 70.4 Å². The van der Waals surface area contributed by atoms with Crippen molar-refractivity contribution in [1.29, 1.82) is 0 Å². The van der Waals surface area contributed by atoms with Crippen LogP contribution in [-0.2, 0) is 22.4 Å². The maximum atomic E-state index is 12.9. The second kappa shape index (κ2) is 7.43. The fourth-order valence-corrected chi connectivity index (χ4v) is 3.83. The van der Waals surface area contributed by atoms with Crippen molar-refractivity contribution in [2.75, 3.05) is 11.9 Å². The van der Waals surface area contributed by atoms with E-state index in [1.54, 1.807) is 0 Å². The molecule has 0 saturated carbocycles. The summed E-state index contributed by atoms with van der Waals surface area (Å²) in [5.41, 5.74) is 5.96. The molecule has 0 bridgehead atoms. The van der Waals surface area contributed by atoms with Crippen molar-refractivity contribution >= 4 is 28.5 Å². The Morgan fingerprint density at radius 1 is 1.04 bits per heavy atom. The molecule has 0 aliphatic heterocycles. The first-order chi connectivity index (χ1) is 13.5. The molecule has 0 atom stereocenters. The maximum Gasteiger partial charge on any atom is 0.339 e. The molecule has 1 aromatic heterocycles. The molecule has 2 aromatic carbocycles. The summed E-state index contributed by atoms with van der Waals surface area (Å²) in [4.78, 5) is 29.9. The molecule has 1 heterocycles. The average molecular weight is 374 g/mol. The van der Waals surface area contributed by atoms with E-state index in [-0.39, 0.29) is 12.5 Å². The highest BCUT2D eigenvalue weighted by atomic mass is 16.5. The summed E-state index contributed by atoms with van der Waals surface area (Å²) in [6.07, 6.45) is 2.66. The zero-order valence-corrected chi connectivity index (χ0v) is 16.0. The molecule has 5 heteroatoms. The van der Waals surface area contributed by atoms with Crippen LogP contribution in [0.3, 0.4) is 0 Å². The number of hydrogen-bond donors (Lipinski definition) is 1. The molecule has 3 aromatic rings. The van der Waals surface area contributed by atoms with Crippen LogP contribution in [-0.4, -0.2) is 23.5 Å². The van der Waals surface area contributed by atoms with Gasteiger partial charge in [-0.2, -0.15) is 0 Å². The number of rotatable bonds is 4. The van der Waals surface area contributed by atoms with Gasteiger partial charge in [0.25, 0.3) is 5.91 Å². The largest absolute Gasteiger partial charge is 0.452 e. The van der Waals surface area contributed by atoms with Crippen molar-refractivity contribution in [3.8, 4) is 0 Å². The standard InChI is InChI=1S/C23H22N2O3/c1-14-7-5-8-15(2)22(14)25-20(26)13-28-23(27)21-16-9-3-4-11-18(16)24-19-12-6-10-17(19)21/h3-5,7-9,11H,6,10,12-13H2,1-2H3,(H,25,26). The Bertz CT molecular complexity index is 1070. The molecule has 0 fully saturated rings. The number of aryl methyl sites for hydroxylation is 3. The quantitative estimate of drug-likeness (QED) is 0.697. The van der Waals surface area contributed by atoms with Gasteiger partial charge in [0.05, 0.1) is 11.1 Å². The van der Waals surface area contributed by atoms with Gasteiger partial charge < -0.3 is 10.1 Å². The highest BCUT2D eigenvalue weighted by Gasteiger charge is 2.25. The molecular formula is C23H22N2O3. The van der Waals surface area contributed by atoms with Crippen LogP contribution in [0.15, 0.2) is 42.5 Å². The van der Waals surface area contributed by atoms with Crippen molar-refractivity contribution in [1.82, 2.24) is 4.98 Å². The Hall–Kier alpha value is -3.21. The fourth-order valence-electron chi connectivity index (χ4n) is 3.83. The van der Waals surface area contributed by atoms with Crippen LogP contribution in [0.1, 0.15) is 39.2 Å². The average Bonchev–Trinajstić information content (AvgIpc) is 3.15. The first-order valence-electron chi connectivity index (χ1n) is 9.48. The number of esters is 1. The van der Waals surface area contributed by atoms with Crippen molar-refractivity contribution in [3.63, 3.8) is 0 Å². The van der Waals surface area contributed by atoms with E-state index in [1.165, 1.54) is 0 Å². The first-order valence-corrected chi connectivity index (χ1v) is 9.48. The van der Waals surface area contributed by atoms with E-state index in [2.05, 4.69) is 10.3 Å². The lowest BCUT2D eigenvalue weighted by Crippen LogP contribution is -2.22. The zero-order chi connectivity index (χ0) is 19.7. The molecular weight excluding hydrogens is 352 g/mol. The van der Waals surface area contributed by atoms with Crippen LogP contribution in [0.5, 0.6) is 0 Å². The number of hydrogen-bond acceptors (Lipinski definition) is 4. The van der Waals surface area contributed by atoms with Crippen LogP contribution >= 0.6 is 0 Å². The highest BCUT2D eigenvalue weighted by molar-refractivity contribution is 6.06. The lowest BCUT2D eigenvalue weighted by molar-refractivity contribution is -0.119. The van der Waals surface area contributed by atoms with Gasteiger partial charge in [-0.3, -0.25) is 9.78 Å². The van der Waals surface area contributed by atoms with Gasteiger partial charge in [-0.05, 0) is 55.9 Å². The lowest BCUT2D eigenvalue weighted by atomic mass is 10.0. The minimum atomic E-state index is -0.464. The minimum absolute atomic E-state index is 0.321. The van der Waals surface area contributed by atoms with Crippen LogP contribution < -0.4 is 5.32 Å². The molecule has 0 unspecified atom stereocenters. The summed E-state index contributed by atoms with van der Waals surface area (Å²) in [6, 6.07) is 13.4. The SMILES string of the molecule is Cc1cccc(C)c1NC(=O)COC(=O)c1c2c(nc3ccccc13)CCC2. The number of carbonyl (C=O) groups is 2. The van der Waals surface area contributed by atoms with E-state index < -0.39 is 5.97 Å². The highest BCUT2D eigenvalue weighted by Crippen LogP contribution is 2.30. The fraction of sp³-hybridized carbons (Fsp3) is 0.261. The summed E-state index contributed by atoms with van der Waals surface area (Å²) in [7, 11) is 0. The molecule has 1 amide bonds. The first kappa shape index (κ1) is 18.2. The van der Waals surface area contributed by atoms with Gasteiger partial charge in [0.15, 0.2) is 6.61 Å². The summed E-state index contributed by atoms with van der Waals surface area (Å²) >= 11 is 0. The van der Waals surface area contributed by atoms with E-state index in [9.17, 15) is 9.59 Å². The predicted octanol–water partition coefficient (Wildman–Crippen LogP) is 4.14. The predicted molar refractivity (Wildman–Crippen MR) is 109 cm³/mol. The van der Waals surface area contributed by atoms with Crippen molar-refractivity contribution in [2.24, 2.45) is 0 Å². The molecule has 28 heavy (non-hydrogen) atoms. The van der Waals surface area contributed by atoms with E-state index in [4.69, 9.17) is 4.74 Å². The number of pyridine rings is 1. The van der Waals surface area contributed by atoms with Crippen LogP contribution in [0, 0.1) is 13.8 Å². The molecule has 142 valence electrons. The number of fused-ring (bicyclic) bond motifs is 2. The Morgan fingerprint density at radius 2 is 1.79 bits per heavy atom. The smallest absolute Gasteiger partial charge is 0.339 e. The second-order valence-electron chi connectivity index (χ2n) is 7.17. The van der Waals surface area contributed by atoms with E-state index in [0.29, 0.717) is 5.56 Å². The molecule has 5 nitrogen and oxygen atoms in total. The lowest BCUT2D eigenvalue weighted by Gasteiger charge is -2.13. The number of nitrogens with zero attached hydrogens (tertiary/aromatic N) is 1. The molecule has 0 radical (unpaired) electrons. The number of benzene rings is 2. The number of amides is 1. The Balaban J connectivity index is 1.54. The van der Waals surface area contributed by atoms with E-state index >= 15 is 0 Å². The zero-order valence-electron chi connectivity index (χ0n) is 16.0. The van der Waals surface area contributed by atoms with Crippen LogP contribution in [0.2, 0.25) is 0 Å². The molecule has 1 aliphatic carbocycles. The summed E-state index contributed by atoms with van der Waals surface area (Å²) < 4.78 is 5.40. The van der Waals surface area contributed by atoms with E-state index in [0.717, 1.165) is 58.2 Å². The third-order valence-corrected chi connectivity index (χ3v) is 5.20. The number of anilines is 1. The summed E-state index contributed by atoms with van der Waals surface area (Å²) in [5, 5.41) is 3.63. The van der Waals surface area contributed by atoms with Crippen molar-refractivity contribution in [2.45, 2.75) is 33.1 Å². The van der Waals surface area contributed by atoms with E-state index in [1.807, 2.05) is 56.3 Å². The normalized spacial score (nSPS) is 12.6. The molecule has 1 N–H and O–H groups in total. The Morgan fingerprint density at radius 3 is 2.57 bits per heavy atom. The van der Waals surface area contributed by atoms with Crippen LogP contribution in [0.4, 0.5) is 5.69 Å². The molecule has 1 aliphatic rings. The van der Waals surface area contributed by atoms with Crippen molar-refractivity contribution < 1.29 is 14.3 Å². The number of nitrogens with one attached hydrogen (secondary N) is 1.